The Balaban J connectivity index is 2.05. The molecule has 1 atom stereocenters. The average molecular weight is 282 g/mol. The Labute approximate surface area is 126 Å². The van der Waals surface area contributed by atoms with Crippen LogP contribution in [-0.4, -0.2) is 39.2 Å². The molecule has 0 amide bonds. The number of rotatable bonds is 2. The van der Waals surface area contributed by atoms with Gasteiger partial charge in [0.05, 0.1) is 0 Å². The monoisotopic (exact) mass is 282 g/mol. The lowest BCUT2D eigenvalue weighted by atomic mass is 9.90. The first kappa shape index (κ1) is 13.8. The standard InChI is InChI=1S/C18H22N2O/c1-12-15-8-6-13(19(2)3)10-17(15)21-18-11-14(20(4)5)7-9-16(12)18/h6-11,17H,1-5H3. The van der Waals surface area contributed by atoms with Crippen molar-refractivity contribution in [2.24, 2.45) is 0 Å². The van der Waals surface area contributed by atoms with Crippen molar-refractivity contribution in [2.45, 2.75) is 13.0 Å². The Hall–Kier alpha value is -2.16. The van der Waals surface area contributed by atoms with Crippen molar-refractivity contribution in [3.05, 3.63) is 53.3 Å². The van der Waals surface area contributed by atoms with Crippen LogP contribution in [0.3, 0.4) is 0 Å². The minimum absolute atomic E-state index is 0.0114. The summed E-state index contributed by atoms with van der Waals surface area (Å²) < 4.78 is 6.24. The molecule has 3 rings (SSSR count). The molecule has 0 saturated carbocycles. The summed E-state index contributed by atoms with van der Waals surface area (Å²) >= 11 is 0. The summed E-state index contributed by atoms with van der Waals surface area (Å²) in [5.41, 5.74) is 6.10. The van der Waals surface area contributed by atoms with Crippen LogP contribution in [-0.2, 0) is 0 Å². The lowest BCUT2D eigenvalue weighted by Crippen LogP contribution is -2.26. The van der Waals surface area contributed by atoms with Gasteiger partial charge in [0.25, 0.3) is 0 Å². The normalized spacial score (nSPS) is 19.5. The van der Waals surface area contributed by atoms with Gasteiger partial charge >= 0.3 is 0 Å². The van der Waals surface area contributed by atoms with Crippen molar-refractivity contribution in [3.8, 4) is 5.75 Å². The van der Waals surface area contributed by atoms with E-state index in [1.807, 2.05) is 14.1 Å². The number of ether oxygens (including phenoxy) is 1. The fraction of sp³-hybridized carbons (Fsp3) is 0.333. The molecule has 0 N–H and O–H groups in total. The maximum Gasteiger partial charge on any atom is 0.145 e. The number of hydrogen-bond donors (Lipinski definition) is 0. The van der Waals surface area contributed by atoms with Crippen LogP contribution in [0.5, 0.6) is 5.75 Å². The SMILES string of the molecule is CC1=C2C=CC(N(C)C)=CC2Oc2cc(N(C)C)ccc21. The van der Waals surface area contributed by atoms with E-state index >= 15 is 0 Å². The molecule has 0 fully saturated rings. The predicted molar refractivity (Wildman–Crippen MR) is 88.7 cm³/mol. The van der Waals surface area contributed by atoms with Crippen molar-refractivity contribution < 1.29 is 4.74 Å². The van der Waals surface area contributed by atoms with E-state index in [0.29, 0.717) is 0 Å². The van der Waals surface area contributed by atoms with Crippen LogP contribution >= 0.6 is 0 Å². The number of anilines is 1. The maximum atomic E-state index is 6.24. The molecule has 1 aliphatic carbocycles. The van der Waals surface area contributed by atoms with Crippen molar-refractivity contribution in [1.82, 2.24) is 4.90 Å². The average Bonchev–Trinajstić information content (AvgIpc) is 2.46. The van der Waals surface area contributed by atoms with E-state index in [9.17, 15) is 0 Å². The van der Waals surface area contributed by atoms with Crippen LogP contribution in [0.2, 0.25) is 0 Å². The third-order valence-electron chi connectivity index (χ3n) is 4.15. The highest BCUT2D eigenvalue weighted by Crippen LogP contribution is 2.40. The summed E-state index contributed by atoms with van der Waals surface area (Å²) in [6.07, 6.45) is 6.53. The molecule has 3 heteroatoms. The molecular formula is C18H22N2O. The lowest BCUT2D eigenvalue weighted by molar-refractivity contribution is 0.277. The molecule has 0 radical (unpaired) electrons. The van der Waals surface area contributed by atoms with Gasteiger partial charge in [0.2, 0.25) is 0 Å². The van der Waals surface area contributed by atoms with E-state index in [2.05, 4.69) is 67.2 Å². The highest BCUT2D eigenvalue weighted by Gasteiger charge is 2.26. The zero-order valence-corrected chi connectivity index (χ0v) is 13.3. The van der Waals surface area contributed by atoms with Gasteiger partial charge in [0, 0.05) is 56.8 Å². The minimum Gasteiger partial charge on any atom is -0.481 e. The van der Waals surface area contributed by atoms with Crippen LogP contribution < -0.4 is 9.64 Å². The largest absolute Gasteiger partial charge is 0.481 e. The third kappa shape index (κ3) is 2.33. The Morgan fingerprint density at radius 1 is 1.00 bits per heavy atom. The molecule has 0 spiro atoms. The number of benzene rings is 1. The summed E-state index contributed by atoms with van der Waals surface area (Å²) in [5.74, 6) is 0.970. The fourth-order valence-corrected chi connectivity index (χ4v) is 2.79. The van der Waals surface area contributed by atoms with Gasteiger partial charge in [-0.3, -0.25) is 0 Å². The van der Waals surface area contributed by atoms with E-state index in [1.54, 1.807) is 0 Å². The van der Waals surface area contributed by atoms with Crippen molar-refractivity contribution in [2.75, 3.05) is 33.1 Å². The van der Waals surface area contributed by atoms with Crippen LogP contribution in [0.15, 0.2) is 47.7 Å². The van der Waals surface area contributed by atoms with E-state index < -0.39 is 0 Å². The number of fused-ring (bicyclic) bond motifs is 2. The van der Waals surface area contributed by atoms with Gasteiger partial charge in [-0.15, -0.1) is 0 Å². The Morgan fingerprint density at radius 2 is 1.76 bits per heavy atom. The van der Waals surface area contributed by atoms with E-state index in [-0.39, 0.29) is 6.10 Å². The second kappa shape index (κ2) is 4.99. The van der Waals surface area contributed by atoms with Crippen LogP contribution in [0.25, 0.3) is 5.57 Å². The number of nitrogens with zero attached hydrogens (tertiary/aromatic N) is 2. The number of allylic oxidation sites excluding steroid dienone is 2. The zero-order chi connectivity index (χ0) is 15.1. The summed E-state index contributed by atoms with van der Waals surface area (Å²) in [4.78, 5) is 4.21. The second-order valence-corrected chi connectivity index (χ2v) is 6.01. The summed E-state index contributed by atoms with van der Waals surface area (Å²) in [6.45, 7) is 2.18. The van der Waals surface area contributed by atoms with E-state index in [4.69, 9.17) is 4.74 Å². The topological polar surface area (TPSA) is 15.7 Å². The summed E-state index contributed by atoms with van der Waals surface area (Å²) in [7, 11) is 8.20. The molecule has 2 aliphatic rings. The molecule has 21 heavy (non-hydrogen) atoms. The first-order chi connectivity index (χ1) is 9.97. The molecule has 0 bridgehead atoms. The fourth-order valence-electron chi connectivity index (χ4n) is 2.79. The lowest BCUT2D eigenvalue weighted by Gasteiger charge is -2.31. The van der Waals surface area contributed by atoms with E-state index in [1.165, 1.54) is 22.4 Å². The summed E-state index contributed by atoms with van der Waals surface area (Å²) in [6, 6.07) is 6.42. The molecule has 1 aliphatic heterocycles. The smallest absolute Gasteiger partial charge is 0.145 e. The first-order valence-electron chi connectivity index (χ1n) is 7.24. The van der Waals surface area contributed by atoms with Gasteiger partial charge in [-0.05, 0) is 36.8 Å². The predicted octanol–water partition coefficient (Wildman–Crippen LogP) is 3.30. The Bertz CT molecular complexity index is 666. The van der Waals surface area contributed by atoms with Gasteiger partial charge < -0.3 is 14.5 Å². The van der Waals surface area contributed by atoms with Crippen molar-refractivity contribution >= 4 is 11.3 Å². The molecule has 1 aromatic rings. The van der Waals surface area contributed by atoms with Gasteiger partial charge in [-0.2, -0.15) is 0 Å². The number of hydrogen-bond acceptors (Lipinski definition) is 3. The molecule has 0 aromatic heterocycles. The molecule has 1 heterocycles. The Kier molecular flexibility index (Phi) is 3.28. The van der Waals surface area contributed by atoms with Gasteiger partial charge in [0.15, 0.2) is 0 Å². The minimum atomic E-state index is 0.0114. The quantitative estimate of drug-likeness (QED) is 0.827. The van der Waals surface area contributed by atoms with E-state index in [0.717, 1.165) is 11.4 Å². The van der Waals surface area contributed by atoms with Gasteiger partial charge in [0.1, 0.15) is 11.9 Å². The molecule has 110 valence electrons. The van der Waals surface area contributed by atoms with Gasteiger partial charge in [-0.25, -0.2) is 0 Å². The molecule has 1 aromatic carbocycles. The highest BCUT2D eigenvalue weighted by atomic mass is 16.5. The van der Waals surface area contributed by atoms with Crippen molar-refractivity contribution in [1.29, 1.82) is 0 Å². The molecule has 1 unspecified atom stereocenters. The van der Waals surface area contributed by atoms with Crippen LogP contribution in [0, 0.1) is 0 Å². The highest BCUT2D eigenvalue weighted by molar-refractivity contribution is 5.79. The van der Waals surface area contributed by atoms with Crippen molar-refractivity contribution in [3.63, 3.8) is 0 Å². The first-order valence-corrected chi connectivity index (χ1v) is 7.24. The third-order valence-corrected chi connectivity index (χ3v) is 4.15. The zero-order valence-electron chi connectivity index (χ0n) is 13.3. The molecule has 3 nitrogen and oxygen atoms in total. The second-order valence-electron chi connectivity index (χ2n) is 6.01. The number of likely N-dealkylation sites (N-methyl/N-ethyl adjacent to an activating group) is 1. The van der Waals surface area contributed by atoms with Gasteiger partial charge in [-0.1, -0.05) is 6.08 Å². The molecular weight excluding hydrogens is 260 g/mol. The maximum absolute atomic E-state index is 6.24. The molecule has 0 saturated heterocycles. The Morgan fingerprint density at radius 3 is 2.43 bits per heavy atom. The van der Waals surface area contributed by atoms with Crippen LogP contribution in [0.4, 0.5) is 5.69 Å². The summed E-state index contributed by atoms with van der Waals surface area (Å²) in [5, 5.41) is 0. The van der Waals surface area contributed by atoms with Crippen LogP contribution in [0.1, 0.15) is 12.5 Å².